The highest BCUT2D eigenvalue weighted by Crippen LogP contribution is 2.13. The number of benzene rings is 1. The second-order valence-electron chi connectivity index (χ2n) is 3.01. The summed E-state index contributed by atoms with van der Waals surface area (Å²) in [5.41, 5.74) is 3.53. The Balaban J connectivity index is 2.21. The van der Waals surface area contributed by atoms with Crippen molar-refractivity contribution in [2.45, 2.75) is 0 Å². The Hall–Kier alpha value is -2.30. The summed E-state index contributed by atoms with van der Waals surface area (Å²) >= 11 is 0. The van der Waals surface area contributed by atoms with Crippen LogP contribution in [-0.4, -0.2) is 9.60 Å². The van der Waals surface area contributed by atoms with Crippen molar-refractivity contribution in [2.24, 2.45) is 0 Å². The first-order valence-corrected chi connectivity index (χ1v) is 4.40. The molecule has 0 saturated carbocycles. The van der Waals surface area contributed by atoms with Crippen LogP contribution in [0.4, 0.5) is 5.69 Å². The molecule has 0 bridgehead atoms. The Morgan fingerprint density at radius 2 is 1.73 bits per heavy atom. The van der Waals surface area contributed by atoms with Gasteiger partial charge in [-0.15, -0.1) is 5.43 Å². The number of anilines is 1. The van der Waals surface area contributed by atoms with Crippen molar-refractivity contribution in [3.05, 3.63) is 58.9 Å². The molecular weight excluding hydrogens is 194 g/mol. The molecule has 0 radical (unpaired) electrons. The predicted octanol–water partition coefficient (Wildman–Crippen LogP) is 2.08. The second-order valence-corrected chi connectivity index (χ2v) is 3.01. The third kappa shape index (κ3) is 2.14. The second kappa shape index (κ2) is 3.83. The monoisotopic (exact) mass is 203 g/mol. The quantitative estimate of drug-likeness (QED) is 0.613. The molecule has 76 valence electrons. The first kappa shape index (κ1) is 9.26. The third-order valence-corrected chi connectivity index (χ3v) is 1.99. The number of hydrogen-bond acceptors (Lipinski definition) is 2. The molecule has 0 unspecified atom stereocenters. The summed E-state index contributed by atoms with van der Waals surface area (Å²) in [7, 11) is 0. The third-order valence-electron chi connectivity index (χ3n) is 1.99. The molecule has 15 heavy (non-hydrogen) atoms. The number of aromatic nitrogens is 1. The molecule has 1 aromatic carbocycles. The molecule has 0 aliphatic heterocycles. The van der Waals surface area contributed by atoms with Crippen LogP contribution in [-0.2, 0) is 0 Å². The maximum Gasteiger partial charge on any atom is 0.162 e. The first-order chi connectivity index (χ1) is 7.25. The topological polar surface area (TPSA) is 60.1 Å². The summed E-state index contributed by atoms with van der Waals surface area (Å²) in [5, 5.41) is 9.59. The first-order valence-electron chi connectivity index (χ1n) is 4.40. The van der Waals surface area contributed by atoms with Gasteiger partial charge >= 0.3 is 0 Å². The average Bonchev–Trinajstić information content (AvgIpc) is 2.71. The highest BCUT2D eigenvalue weighted by atomic mass is 16.7. The van der Waals surface area contributed by atoms with Crippen molar-refractivity contribution >= 4 is 5.69 Å². The van der Waals surface area contributed by atoms with E-state index in [1.54, 1.807) is 12.1 Å². The zero-order valence-electron chi connectivity index (χ0n) is 7.83. The van der Waals surface area contributed by atoms with E-state index in [2.05, 4.69) is 5.43 Å². The lowest BCUT2D eigenvalue weighted by Crippen LogP contribution is -2.07. The fourth-order valence-electron chi connectivity index (χ4n) is 1.32. The fraction of sp³-hybridized carbons (Fsp3) is 0. The average molecular weight is 203 g/mol. The van der Waals surface area contributed by atoms with Crippen LogP contribution in [0.1, 0.15) is 0 Å². The number of rotatable bonds is 3. The molecule has 2 rings (SSSR count). The summed E-state index contributed by atoms with van der Waals surface area (Å²) in [6.45, 7) is 0. The molecule has 0 atom stereocenters. The Morgan fingerprint density at radius 1 is 1.13 bits per heavy atom. The fourth-order valence-corrected chi connectivity index (χ4v) is 1.32. The van der Waals surface area contributed by atoms with Gasteiger partial charge in [-0.2, -0.15) is 0 Å². The number of nitrogens with zero attached hydrogens (tertiary/aromatic N) is 2. The lowest BCUT2D eigenvalue weighted by atomic mass is 10.3. The van der Waals surface area contributed by atoms with E-state index < -0.39 is 5.03 Å². The maximum absolute atomic E-state index is 10.2. The van der Waals surface area contributed by atoms with Crippen molar-refractivity contribution in [1.29, 1.82) is 0 Å². The van der Waals surface area contributed by atoms with Crippen LogP contribution in [0.3, 0.4) is 0 Å². The molecule has 0 saturated heterocycles. The number of hydrazine groups is 1. The van der Waals surface area contributed by atoms with Crippen LogP contribution in [0, 0.1) is 10.1 Å². The minimum atomic E-state index is -0.579. The van der Waals surface area contributed by atoms with Gasteiger partial charge in [0, 0.05) is 18.1 Å². The van der Waals surface area contributed by atoms with E-state index in [9.17, 15) is 10.1 Å². The molecule has 1 heterocycles. The van der Waals surface area contributed by atoms with Crippen molar-refractivity contribution in [2.75, 3.05) is 5.43 Å². The van der Waals surface area contributed by atoms with E-state index in [1.807, 2.05) is 41.2 Å². The molecular formula is C10H9N3O2. The Labute approximate surface area is 86.1 Å². The molecule has 5 nitrogen and oxygen atoms in total. The van der Waals surface area contributed by atoms with E-state index in [0.29, 0.717) is 5.69 Å². The standard InChI is InChI=1S/C10H9N3O2/c14-13(15)11-9-3-5-10(6-4-9)12-7-1-2-8-12/h1-8,11H. The van der Waals surface area contributed by atoms with Crippen molar-refractivity contribution in [3.8, 4) is 5.69 Å². The minimum Gasteiger partial charge on any atom is -0.324 e. The summed E-state index contributed by atoms with van der Waals surface area (Å²) < 4.78 is 1.93. The smallest absolute Gasteiger partial charge is 0.162 e. The minimum absolute atomic E-state index is 0.468. The van der Waals surface area contributed by atoms with Gasteiger partial charge in [0.05, 0.1) is 0 Å². The van der Waals surface area contributed by atoms with Gasteiger partial charge in [-0.3, -0.25) is 0 Å². The molecule has 0 fully saturated rings. The molecule has 1 aromatic heterocycles. The number of nitrogens with one attached hydrogen (secondary N) is 1. The SMILES string of the molecule is O=[N+]([O-])Nc1ccc(-n2cccc2)cc1. The maximum atomic E-state index is 10.2. The van der Waals surface area contributed by atoms with Crippen LogP contribution < -0.4 is 5.43 Å². The predicted molar refractivity (Wildman–Crippen MR) is 56.4 cm³/mol. The summed E-state index contributed by atoms with van der Waals surface area (Å²) in [6, 6.07) is 10.8. The van der Waals surface area contributed by atoms with Crippen LogP contribution >= 0.6 is 0 Å². The van der Waals surface area contributed by atoms with Crippen LogP contribution in [0.2, 0.25) is 0 Å². The van der Waals surface area contributed by atoms with E-state index in [1.165, 1.54) is 0 Å². The highest BCUT2D eigenvalue weighted by molar-refractivity contribution is 5.47. The Morgan fingerprint density at radius 3 is 2.27 bits per heavy atom. The molecule has 0 amide bonds. The molecule has 0 spiro atoms. The van der Waals surface area contributed by atoms with Gasteiger partial charge in [-0.05, 0) is 36.4 Å². The lowest BCUT2D eigenvalue weighted by Gasteiger charge is -2.03. The van der Waals surface area contributed by atoms with Crippen molar-refractivity contribution in [1.82, 2.24) is 4.57 Å². The van der Waals surface area contributed by atoms with Crippen LogP contribution in [0.5, 0.6) is 0 Å². The van der Waals surface area contributed by atoms with Crippen LogP contribution in [0.15, 0.2) is 48.8 Å². The lowest BCUT2D eigenvalue weighted by molar-refractivity contribution is -0.445. The van der Waals surface area contributed by atoms with E-state index in [4.69, 9.17) is 0 Å². The van der Waals surface area contributed by atoms with Gasteiger partial charge in [0.25, 0.3) is 0 Å². The summed E-state index contributed by atoms with van der Waals surface area (Å²) in [4.78, 5) is 10.2. The highest BCUT2D eigenvalue weighted by Gasteiger charge is 1.99. The number of hydrogen-bond donors (Lipinski definition) is 1. The van der Waals surface area contributed by atoms with Gasteiger partial charge in [-0.25, -0.2) is 10.1 Å². The van der Waals surface area contributed by atoms with Gasteiger partial charge in [0.1, 0.15) is 5.69 Å². The Kier molecular flexibility index (Phi) is 2.37. The largest absolute Gasteiger partial charge is 0.324 e. The zero-order chi connectivity index (χ0) is 10.7. The van der Waals surface area contributed by atoms with Gasteiger partial charge in [-0.1, -0.05) is 0 Å². The normalized spacial score (nSPS) is 9.87. The van der Waals surface area contributed by atoms with Crippen LogP contribution in [0.25, 0.3) is 5.69 Å². The van der Waals surface area contributed by atoms with Crippen molar-refractivity contribution < 1.29 is 5.03 Å². The zero-order valence-corrected chi connectivity index (χ0v) is 7.83. The van der Waals surface area contributed by atoms with E-state index in [0.717, 1.165) is 5.69 Å². The van der Waals surface area contributed by atoms with E-state index in [-0.39, 0.29) is 0 Å². The Bertz CT molecular complexity index is 448. The van der Waals surface area contributed by atoms with Crippen molar-refractivity contribution in [3.63, 3.8) is 0 Å². The van der Waals surface area contributed by atoms with E-state index >= 15 is 0 Å². The molecule has 0 aliphatic rings. The molecule has 5 heteroatoms. The molecule has 2 aromatic rings. The van der Waals surface area contributed by atoms with Gasteiger partial charge < -0.3 is 4.57 Å². The molecule has 0 aliphatic carbocycles. The van der Waals surface area contributed by atoms with Gasteiger partial charge in [0.2, 0.25) is 0 Å². The molecule has 1 N–H and O–H groups in total. The number of nitro groups is 1. The summed E-state index contributed by atoms with van der Waals surface area (Å²) in [6.07, 6.45) is 3.83. The van der Waals surface area contributed by atoms with Gasteiger partial charge in [0.15, 0.2) is 5.03 Å². The summed E-state index contributed by atoms with van der Waals surface area (Å²) in [5.74, 6) is 0.